The third-order valence-electron chi connectivity index (χ3n) is 3.51. The van der Waals surface area contributed by atoms with E-state index in [4.69, 9.17) is 5.11 Å². The second-order valence-corrected chi connectivity index (χ2v) is 6.25. The number of carbonyl (C=O) groups is 2. The maximum Gasteiger partial charge on any atom is 0.335 e. The van der Waals surface area contributed by atoms with Crippen molar-refractivity contribution in [3.63, 3.8) is 0 Å². The average molecular weight is 283 g/mol. The second-order valence-electron chi connectivity index (χ2n) is 5.00. The van der Waals surface area contributed by atoms with Gasteiger partial charge in [-0.25, -0.2) is 4.79 Å². The number of piperidine rings is 1. The van der Waals surface area contributed by atoms with Crippen LogP contribution in [0.4, 0.5) is 0 Å². The van der Waals surface area contributed by atoms with Crippen LogP contribution in [0, 0.1) is 13.8 Å². The molecule has 6 heteroatoms. The van der Waals surface area contributed by atoms with Gasteiger partial charge >= 0.3 is 5.97 Å². The molecule has 0 aliphatic carbocycles. The number of aryl methyl sites for hydroxylation is 2. The van der Waals surface area contributed by atoms with Crippen LogP contribution in [0.25, 0.3) is 0 Å². The molecule has 1 aliphatic heterocycles. The van der Waals surface area contributed by atoms with Gasteiger partial charge < -0.3 is 15.1 Å². The molecule has 1 fully saturated rings. The van der Waals surface area contributed by atoms with Gasteiger partial charge in [0.25, 0.3) is 5.91 Å². The monoisotopic (exact) mass is 283 g/mol. The lowest BCUT2D eigenvalue weighted by Gasteiger charge is -2.35. The minimum absolute atomic E-state index is 0.0666. The molecule has 19 heavy (non-hydrogen) atoms. The Hall–Kier alpha value is -1.40. The Morgan fingerprint density at radius 3 is 2.32 bits per heavy atom. The standard InChI is InChI=1S/C13H17NO4S/c1-8-7-9(2)19-10(8)11(15)14-5-3-13(18,4-6-14)12(16)17/h7,18H,3-6H2,1-2H3,(H,16,17). The topological polar surface area (TPSA) is 77.8 Å². The van der Waals surface area contributed by atoms with E-state index in [9.17, 15) is 14.7 Å². The summed E-state index contributed by atoms with van der Waals surface area (Å²) in [5.41, 5.74) is -0.733. The zero-order chi connectivity index (χ0) is 14.2. The van der Waals surface area contributed by atoms with Crippen molar-refractivity contribution in [2.24, 2.45) is 0 Å². The number of aliphatic hydroxyl groups is 1. The molecule has 0 aromatic carbocycles. The largest absolute Gasteiger partial charge is 0.479 e. The third-order valence-corrected chi connectivity index (χ3v) is 4.65. The van der Waals surface area contributed by atoms with Crippen LogP contribution in [0.15, 0.2) is 6.07 Å². The van der Waals surface area contributed by atoms with Crippen molar-refractivity contribution in [1.82, 2.24) is 4.90 Å². The van der Waals surface area contributed by atoms with Crippen LogP contribution in [0.5, 0.6) is 0 Å². The lowest BCUT2D eigenvalue weighted by Crippen LogP contribution is -2.50. The first-order valence-electron chi connectivity index (χ1n) is 6.15. The van der Waals surface area contributed by atoms with Crippen molar-refractivity contribution in [2.45, 2.75) is 32.3 Å². The number of thiophene rings is 1. The Labute approximate surface area is 115 Å². The minimum Gasteiger partial charge on any atom is -0.479 e. The lowest BCUT2D eigenvalue weighted by atomic mass is 9.91. The van der Waals surface area contributed by atoms with Gasteiger partial charge in [0.05, 0.1) is 4.88 Å². The van der Waals surface area contributed by atoms with E-state index < -0.39 is 11.6 Å². The van der Waals surface area contributed by atoms with E-state index in [-0.39, 0.29) is 31.8 Å². The van der Waals surface area contributed by atoms with Crippen LogP contribution in [-0.2, 0) is 4.79 Å². The molecule has 0 atom stereocenters. The molecule has 1 aromatic rings. The van der Waals surface area contributed by atoms with Gasteiger partial charge in [-0.15, -0.1) is 11.3 Å². The highest BCUT2D eigenvalue weighted by atomic mass is 32.1. The summed E-state index contributed by atoms with van der Waals surface area (Å²) in [6.07, 6.45) is 0.162. The molecule has 0 radical (unpaired) electrons. The molecule has 1 amide bonds. The van der Waals surface area contributed by atoms with E-state index in [1.807, 2.05) is 19.9 Å². The number of carboxylic acids is 1. The fourth-order valence-corrected chi connectivity index (χ4v) is 3.28. The van der Waals surface area contributed by atoms with Crippen molar-refractivity contribution >= 4 is 23.2 Å². The average Bonchev–Trinajstić information content (AvgIpc) is 2.68. The van der Waals surface area contributed by atoms with Crippen LogP contribution < -0.4 is 0 Å². The summed E-state index contributed by atoms with van der Waals surface area (Å²) < 4.78 is 0. The smallest absolute Gasteiger partial charge is 0.335 e. The number of nitrogens with zero attached hydrogens (tertiary/aromatic N) is 1. The summed E-state index contributed by atoms with van der Waals surface area (Å²) in [6, 6.07) is 1.97. The van der Waals surface area contributed by atoms with Crippen LogP contribution >= 0.6 is 11.3 Å². The molecule has 0 bridgehead atoms. The Morgan fingerprint density at radius 2 is 1.89 bits per heavy atom. The van der Waals surface area contributed by atoms with Crippen LogP contribution in [0.3, 0.4) is 0 Å². The molecule has 2 heterocycles. The van der Waals surface area contributed by atoms with E-state index in [0.29, 0.717) is 4.88 Å². The predicted octanol–water partition coefficient (Wildman–Crippen LogP) is 1.42. The van der Waals surface area contributed by atoms with Gasteiger partial charge in [0, 0.05) is 30.8 Å². The SMILES string of the molecule is Cc1cc(C)c(C(=O)N2CCC(O)(C(=O)O)CC2)s1. The zero-order valence-corrected chi connectivity index (χ0v) is 11.8. The molecule has 0 unspecified atom stereocenters. The van der Waals surface area contributed by atoms with Gasteiger partial charge in [0.2, 0.25) is 0 Å². The zero-order valence-electron chi connectivity index (χ0n) is 11.0. The molecule has 1 aromatic heterocycles. The fourth-order valence-electron chi connectivity index (χ4n) is 2.29. The van der Waals surface area contributed by atoms with Crippen molar-refractivity contribution in [1.29, 1.82) is 0 Å². The molecule has 2 rings (SSSR count). The van der Waals surface area contributed by atoms with Gasteiger partial charge in [0.15, 0.2) is 5.60 Å². The molecular formula is C13H17NO4S. The highest BCUT2D eigenvalue weighted by Gasteiger charge is 2.40. The molecule has 2 N–H and O–H groups in total. The third kappa shape index (κ3) is 2.64. The van der Waals surface area contributed by atoms with Gasteiger partial charge in [-0.3, -0.25) is 4.79 Å². The van der Waals surface area contributed by atoms with Gasteiger partial charge in [0.1, 0.15) is 0 Å². The van der Waals surface area contributed by atoms with Crippen LogP contribution in [0.2, 0.25) is 0 Å². The van der Waals surface area contributed by atoms with E-state index in [0.717, 1.165) is 10.4 Å². The van der Waals surface area contributed by atoms with Gasteiger partial charge in [-0.05, 0) is 25.5 Å². The Balaban J connectivity index is 2.08. The Morgan fingerprint density at radius 1 is 1.32 bits per heavy atom. The highest BCUT2D eigenvalue weighted by Crippen LogP contribution is 2.27. The molecular weight excluding hydrogens is 266 g/mol. The first-order valence-corrected chi connectivity index (χ1v) is 6.97. The number of rotatable bonds is 2. The number of amides is 1. The van der Waals surface area contributed by atoms with E-state index >= 15 is 0 Å². The van der Waals surface area contributed by atoms with Crippen molar-refractivity contribution in [3.05, 3.63) is 21.4 Å². The molecule has 1 saturated heterocycles. The summed E-state index contributed by atoms with van der Waals surface area (Å²) in [5.74, 6) is -1.27. The molecule has 5 nitrogen and oxygen atoms in total. The number of carbonyl (C=O) groups excluding carboxylic acids is 1. The van der Waals surface area contributed by atoms with Crippen LogP contribution in [0.1, 0.15) is 33.0 Å². The number of likely N-dealkylation sites (tertiary alicyclic amines) is 1. The lowest BCUT2D eigenvalue weighted by molar-refractivity contribution is -0.162. The normalized spacial score (nSPS) is 18.4. The van der Waals surface area contributed by atoms with Crippen molar-refractivity contribution in [3.8, 4) is 0 Å². The summed E-state index contributed by atoms with van der Waals surface area (Å²) in [6.45, 7) is 4.40. The number of carboxylic acid groups (broad SMARTS) is 1. The number of hydrogen-bond acceptors (Lipinski definition) is 4. The van der Waals surface area contributed by atoms with E-state index in [1.165, 1.54) is 11.3 Å². The van der Waals surface area contributed by atoms with Crippen molar-refractivity contribution in [2.75, 3.05) is 13.1 Å². The maximum atomic E-state index is 12.3. The van der Waals surface area contributed by atoms with Crippen LogP contribution in [-0.4, -0.2) is 45.7 Å². The molecule has 0 spiro atoms. The number of aliphatic carboxylic acids is 1. The Kier molecular flexibility index (Phi) is 3.64. The summed E-state index contributed by atoms with van der Waals surface area (Å²) in [7, 11) is 0. The van der Waals surface area contributed by atoms with Crippen molar-refractivity contribution < 1.29 is 19.8 Å². The minimum atomic E-state index is -1.68. The first kappa shape index (κ1) is 14.0. The summed E-state index contributed by atoms with van der Waals surface area (Å²) in [5, 5.41) is 18.8. The quantitative estimate of drug-likeness (QED) is 0.860. The Bertz CT molecular complexity index is 515. The molecule has 0 saturated carbocycles. The summed E-state index contributed by atoms with van der Waals surface area (Å²) in [4.78, 5) is 26.7. The second kappa shape index (κ2) is 4.94. The fraction of sp³-hybridized carbons (Fsp3) is 0.538. The number of hydrogen-bond donors (Lipinski definition) is 2. The van der Waals surface area contributed by atoms with E-state index in [1.54, 1.807) is 4.90 Å². The van der Waals surface area contributed by atoms with Gasteiger partial charge in [-0.2, -0.15) is 0 Å². The predicted molar refractivity (Wildman–Crippen MR) is 71.5 cm³/mol. The van der Waals surface area contributed by atoms with Gasteiger partial charge in [-0.1, -0.05) is 0 Å². The first-order chi connectivity index (χ1) is 8.83. The van der Waals surface area contributed by atoms with E-state index in [2.05, 4.69) is 0 Å². The molecule has 104 valence electrons. The highest BCUT2D eigenvalue weighted by molar-refractivity contribution is 7.14. The maximum absolute atomic E-state index is 12.3. The molecule has 1 aliphatic rings. The summed E-state index contributed by atoms with van der Waals surface area (Å²) >= 11 is 1.45.